The Labute approximate surface area is 176 Å². The van der Waals surface area contributed by atoms with Gasteiger partial charge in [0.25, 0.3) is 5.91 Å². The van der Waals surface area contributed by atoms with Crippen LogP contribution >= 0.6 is 0 Å². The molecular weight excluding hydrogens is 383 g/mol. The first kappa shape index (κ1) is 21.5. The number of aryl methyl sites for hydroxylation is 1. The van der Waals surface area contributed by atoms with Crippen LogP contribution in [0.5, 0.6) is 5.75 Å². The molecule has 0 saturated heterocycles. The SMILES string of the molecule is COc1ccccc1[C@@H](CNC(=O)c1c(C)nn(-c2ccc(F)cc2)c1C)N(C)C. The molecule has 30 heavy (non-hydrogen) atoms. The van der Waals surface area contributed by atoms with Crippen molar-refractivity contribution < 1.29 is 13.9 Å². The van der Waals surface area contributed by atoms with Crippen molar-refractivity contribution in [2.45, 2.75) is 19.9 Å². The van der Waals surface area contributed by atoms with Crippen molar-refractivity contribution >= 4 is 5.91 Å². The summed E-state index contributed by atoms with van der Waals surface area (Å²) in [6, 6.07) is 13.8. The maximum atomic E-state index is 13.2. The molecule has 3 rings (SSSR count). The summed E-state index contributed by atoms with van der Waals surface area (Å²) in [4.78, 5) is 15.1. The molecule has 1 N–H and O–H groups in total. The summed E-state index contributed by atoms with van der Waals surface area (Å²) >= 11 is 0. The number of likely N-dealkylation sites (N-methyl/N-ethyl adjacent to an activating group) is 1. The van der Waals surface area contributed by atoms with Crippen molar-refractivity contribution in [3.8, 4) is 11.4 Å². The third-order valence-electron chi connectivity index (χ3n) is 5.17. The van der Waals surface area contributed by atoms with E-state index >= 15 is 0 Å². The van der Waals surface area contributed by atoms with Crippen LogP contribution in [0.3, 0.4) is 0 Å². The minimum atomic E-state index is -0.315. The second kappa shape index (κ2) is 9.09. The second-order valence-electron chi connectivity index (χ2n) is 7.37. The van der Waals surface area contributed by atoms with E-state index in [1.54, 1.807) is 30.8 Å². The summed E-state index contributed by atoms with van der Waals surface area (Å²) in [6.07, 6.45) is 0. The van der Waals surface area contributed by atoms with Crippen molar-refractivity contribution in [3.05, 3.63) is 76.9 Å². The van der Waals surface area contributed by atoms with Crippen LogP contribution < -0.4 is 10.1 Å². The molecule has 1 amide bonds. The Balaban J connectivity index is 1.82. The second-order valence-corrected chi connectivity index (χ2v) is 7.37. The molecule has 7 heteroatoms. The van der Waals surface area contributed by atoms with Crippen molar-refractivity contribution in [1.29, 1.82) is 0 Å². The highest BCUT2D eigenvalue weighted by Gasteiger charge is 2.23. The van der Waals surface area contributed by atoms with Crippen molar-refractivity contribution in [2.75, 3.05) is 27.7 Å². The molecule has 0 saturated carbocycles. The molecule has 0 bridgehead atoms. The van der Waals surface area contributed by atoms with E-state index in [0.29, 0.717) is 29.2 Å². The Kier molecular flexibility index (Phi) is 6.52. The zero-order valence-electron chi connectivity index (χ0n) is 17.9. The Hall–Kier alpha value is -3.19. The van der Waals surface area contributed by atoms with E-state index in [1.165, 1.54) is 12.1 Å². The van der Waals surface area contributed by atoms with Gasteiger partial charge < -0.3 is 15.0 Å². The van der Waals surface area contributed by atoms with Crippen molar-refractivity contribution in [2.24, 2.45) is 0 Å². The van der Waals surface area contributed by atoms with Crippen LogP contribution in [-0.4, -0.2) is 48.3 Å². The van der Waals surface area contributed by atoms with E-state index in [4.69, 9.17) is 4.74 Å². The van der Waals surface area contributed by atoms with Crippen LogP contribution in [0, 0.1) is 19.7 Å². The summed E-state index contributed by atoms with van der Waals surface area (Å²) in [5, 5.41) is 7.52. The molecule has 1 aromatic heterocycles. The number of aromatic nitrogens is 2. The molecule has 0 aliphatic carbocycles. The third kappa shape index (κ3) is 4.36. The molecule has 0 spiro atoms. The zero-order chi connectivity index (χ0) is 21.8. The first-order valence-corrected chi connectivity index (χ1v) is 9.73. The molecule has 2 aromatic carbocycles. The van der Waals surface area contributed by atoms with E-state index in [1.807, 2.05) is 50.2 Å². The van der Waals surface area contributed by atoms with Crippen molar-refractivity contribution in [1.82, 2.24) is 20.0 Å². The minimum Gasteiger partial charge on any atom is -0.496 e. The van der Waals surface area contributed by atoms with Gasteiger partial charge in [-0.1, -0.05) is 18.2 Å². The van der Waals surface area contributed by atoms with Gasteiger partial charge in [0.05, 0.1) is 35.8 Å². The predicted molar refractivity (Wildman–Crippen MR) is 115 cm³/mol. The molecule has 158 valence electrons. The lowest BCUT2D eigenvalue weighted by Crippen LogP contribution is -2.35. The monoisotopic (exact) mass is 410 g/mol. The maximum Gasteiger partial charge on any atom is 0.255 e. The van der Waals surface area contributed by atoms with Gasteiger partial charge in [-0.3, -0.25) is 4.79 Å². The number of ether oxygens (including phenoxy) is 1. The number of rotatable bonds is 7. The number of para-hydroxylation sites is 1. The molecule has 6 nitrogen and oxygen atoms in total. The van der Waals surface area contributed by atoms with Gasteiger partial charge in [-0.25, -0.2) is 9.07 Å². The molecule has 0 aliphatic rings. The lowest BCUT2D eigenvalue weighted by molar-refractivity contribution is 0.0940. The smallest absolute Gasteiger partial charge is 0.255 e. The Bertz CT molecular complexity index is 1030. The van der Waals surface area contributed by atoms with E-state index in [0.717, 1.165) is 11.3 Å². The molecular formula is C23H27FN4O2. The van der Waals surface area contributed by atoms with E-state index in [-0.39, 0.29) is 17.8 Å². The predicted octanol–water partition coefficient (Wildman–Crippen LogP) is 3.67. The highest BCUT2D eigenvalue weighted by atomic mass is 19.1. The molecule has 3 aromatic rings. The first-order valence-electron chi connectivity index (χ1n) is 9.73. The standard InChI is InChI=1S/C23H27FN4O2/c1-15-22(16(2)28(26-15)18-12-10-17(24)11-13-18)23(29)25-14-20(27(3)4)19-8-6-7-9-21(19)30-5/h6-13,20H,14H2,1-5H3,(H,25,29)/t20-/m1/s1. The Morgan fingerprint density at radius 1 is 1.17 bits per heavy atom. The van der Waals surface area contributed by atoms with E-state index < -0.39 is 0 Å². The minimum absolute atomic E-state index is 0.0575. The number of hydrogen-bond acceptors (Lipinski definition) is 4. The van der Waals surface area contributed by atoms with Crippen LogP contribution in [0.4, 0.5) is 4.39 Å². The summed E-state index contributed by atoms with van der Waals surface area (Å²) in [5.41, 5.74) is 3.55. The van der Waals surface area contributed by atoms with Gasteiger partial charge in [-0.05, 0) is 58.3 Å². The van der Waals surface area contributed by atoms with Gasteiger partial charge in [0.15, 0.2) is 0 Å². The average molecular weight is 410 g/mol. The number of halogens is 1. The van der Waals surface area contributed by atoms with Crippen LogP contribution in [0.25, 0.3) is 5.69 Å². The van der Waals surface area contributed by atoms with Gasteiger partial charge in [-0.15, -0.1) is 0 Å². The fraction of sp³-hybridized carbons (Fsp3) is 0.304. The van der Waals surface area contributed by atoms with Gasteiger partial charge in [-0.2, -0.15) is 5.10 Å². The summed E-state index contributed by atoms with van der Waals surface area (Å²) in [7, 11) is 5.57. The van der Waals surface area contributed by atoms with Gasteiger partial charge in [0, 0.05) is 12.1 Å². The Morgan fingerprint density at radius 2 is 1.83 bits per heavy atom. The topological polar surface area (TPSA) is 59.4 Å². The highest BCUT2D eigenvalue weighted by Crippen LogP contribution is 2.27. The quantitative estimate of drug-likeness (QED) is 0.646. The number of benzene rings is 2. The molecule has 0 radical (unpaired) electrons. The van der Waals surface area contributed by atoms with Crippen molar-refractivity contribution in [3.63, 3.8) is 0 Å². The lowest BCUT2D eigenvalue weighted by Gasteiger charge is -2.26. The van der Waals surface area contributed by atoms with Crippen LogP contribution in [-0.2, 0) is 0 Å². The van der Waals surface area contributed by atoms with Gasteiger partial charge in [0.2, 0.25) is 0 Å². The number of nitrogens with one attached hydrogen (secondary N) is 1. The van der Waals surface area contributed by atoms with Crippen LogP contribution in [0.2, 0.25) is 0 Å². The normalized spacial score (nSPS) is 12.1. The zero-order valence-corrected chi connectivity index (χ0v) is 17.9. The lowest BCUT2D eigenvalue weighted by atomic mass is 10.0. The number of methoxy groups -OCH3 is 1. The average Bonchev–Trinajstić information content (AvgIpc) is 3.02. The summed E-state index contributed by atoms with van der Waals surface area (Å²) in [5.74, 6) is 0.270. The number of amides is 1. The third-order valence-corrected chi connectivity index (χ3v) is 5.17. The number of hydrogen-bond donors (Lipinski definition) is 1. The van der Waals surface area contributed by atoms with Crippen LogP contribution in [0.15, 0.2) is 48.5 Å². The fourth-order valence-corrected chi connectivity index (χ4v) is 3.60. The molecule has 0 aliphatic heterocycles. The summed E-state index contributed by atoms with van der Waals surface area (Å²) < 4.78 is 20.4. The number of carbonyl (C=O) groups excluding carboxylic acids is 1. The van der Waals surface area contributed by atoms with E-state index in [9.17, 15) is 9.18 Å². The Morgan fingerprint density at radius 3 is 2.47 bits per heavy atom. The highest BCUT2D eigenvalue weighted by molar-refractivity contribution is 5.96. The fourth-order valence-electron chi connectivity index (χ4n) is 3.60. The molecule has 0 fully saturated rings. The van der Waals surface area contributed by atoms with Gasteiger partial charge >= 0.3 is 0 Å². The molecule has 1 atom stereocenters. The van der Waals surface area contributed by atoms with Crippen LogP contribution in [0.1, 0.15) is 33.4 Å². The number of carbonyl (C=O) groups is 1. The van der Waals surface area contributed by atoms with E-state index in [2.05, 4.69) is 10.4 Å². The maximum absolute atomic E-state index is 13.2. The van der Waals surface area contributed by atoms with Gasteiger partial charge in [0.1, 0.15) is 11.6 Å². The first-order chi connectivity index (χ1) is 14.3. The largest absolute Gasteiger partial charge is 0.496 e. The summed E-state index contributed by atoms with van der Waals surface area (Å²) in [6.45, 7) is 4.04. The number of nitrogens with zero attached hydrogens (tertiary/aromatic N) is 3. The molecule has 1 heterocycles. The molecule has 0 unspecified atom stereocenters.